The number of rotatable bonds is 21. The molecule has 0 aromatic rings. The average Bonchev–Trinajstić information content (AvgIpc) is 2.66. The van der Waals surface area contributed by atoms with Crippen molar-refractivity contribution in [1.82, 2.24) is 0 Å². The number of aliphatic hydroxyl groups is 1. The SMILES string of the molecule is CCCCCCCCCCC(CO)(CCCCCCCC)OCCOC. The maximum atomic E-state index is 10.1. The van der Waals surface area contributed by atoms with Crippen molar-refractivity contribution in [2.24, 2.45) is 0 Å². The van der Waals surface area contributed by atoms with Crippen LogP contribution in [0, 0.1) is 0 Å². The van der Waals surface area contributed by atoms with Crippen LogP contribution in [0.4, 0.5) is 0 Å². The van der Waals surface area contributed by atoms with Crippen molar-refractivity contribution in [3.63, 3.8) is 0 Å². The molecule has 0 aliphatic carbocycles. The van der Waals surface area contributed by atoms with Crippen LogP contribution in [0.1, 0.15) is 117 Å². The third-order valence-electron chi connectivity index (χ3n) is 5.46. The van der Waals surface area contributed by atoms with Crippen molar-refractivity contribution in [3.05, 3.63) is 0 Å². The fourth-order valence-corrected chi connectivity index (χ4v) is 3.62. The zero-order valence-corrected chi connectivity index (χ0v) is 18.2. The summed E-state index contributed by atoms with van der Waals surface area (Å²) in [5.41, 5.74) is -0.342. The number of methoxy groups -OCH3 is 1. The predicted molar refractivity (Wildman–Crippen MR) is 113 cm³/mol. The fraction of sp³-hybridized carbons (Fsp3) is 1.00. The Balaban J connectivity index is 4.09. The van der Waals surface area contributed by atoms with Crippen LogP contribution in [0.15, 0.2) is 0 Å². The average molecular weight is 373 g/mol. The maximum absolute atomic E-state index is 10.1. The number of aliphatic hydroxyl groups excluding tert-OH is 1. The minimum absolute atomic E-state index is 0.141. The normalized spacial score (nSPS) is 13.8. The minimum Gasteiger partial charge on any atom is -0.393 e. The van der Waals surface area contributed by atoms with Gasteiger partial charge in [-0.3, -0.25) is 0 Å². The van der Waals surface area contributed by atoms with E-state index >= 15 is 0 Å². The van der Waals surface area contributed by atoms with Crippen molar-refractivity contribution >= 4 is 0 Å². The Morgan fingerprint density at radius 2 is 1.04 bits per heavy atom. The van der Waals surface area contributed by atoms with Gasteiger partial charge in [-0.15, -0.1) is 0 Å². The Morgan fingerprint density at radius 1 is 0.615 bits per heavy atom. The van der Waals surface area contributed by atoms with E-state index in [0.29, 0.717) is 13.2 Å². The first-order chi connectivity index (χ1) is 12.7. The molecule has 26 heavy (non-hydrogen) atoms. The lowest BCUT2D eigenvalue weighted by molar-refractivity contribution is -0.104. The van der Waals surface area contributed by atoms with Gasteiger partial charge in [-0.25, -0.2) is 0 Å². The van der Waals surface area contributed by atoms with Gasteiger partial charge in [0.1, 0.15) is 0 Å². The molecule has 0 aromatic heterocycles. The third kappa shape index (κ3) is 15.0. The molecule has 0 aromatic carbocycles. The van der Waals surface area contributed by atoms with Crippen LogP contribution in [0.2, 0.25) is 0 Å². The number of hydrogen-bond donors (Lipinski definition) is 1. The molecular formula is C23H48O3. The van der Waals surface area contributed by atoms with E-state index < -0.39 is 0 Å². The van der Waals surface area contributed by atoms with E-state index in [1.54, 1.807) is 7.11 Å². The smallest absolute Gasteiger partial charge is 0.0913 e. The van der Waals surface area contributed by atoms with Crippen LogP contribution < -0.4 is 0 Å². The lowest BCUT2D eigenvalue weighted by Gasteiger charge is -2.32. The van der Waals surface area contributed by atoms with E-state index in [9.17, 15) is 5.11 Å². The van der Waals surface area contributed by atoms with Crippen LogP contribution in [0.3, 0.4) is 0 Å². The molecule has 0 rings (SSSR count). The highest BCUT2D eigenvalue weighted by Crippen LogP contribution is 2.27. The van der Waals surface area contributed by atoms with Gasteiger partial charge >= 0.3 is 0 Å². The molecule has 0 aliphatic rings. The van der Waals surface area contributed by atoms with E-state index in [2.05, 4.69) is 13.8 Å². The van der Waals surface area contributed by atoms with E-state index in [1.807, 2.05) is 0 Å². The maximum Gasteiger partial charge on any atom is 0.0913 e. The number of hydrogen-bond acceptors (Lipinski definition) is 3. The molecule has 3 nitrogen and oxygen atoms in total. The summed E-state index contributed by atoms with van der Waals surface area (Å²) < 4.78 is 11.3. The first-order valence-electron chi connectivity index (χ1n) is 11.5. The van der Waals surface area contributed by atoms with Gasteiger partial charge in [-0.1, -0.05) is 104 Å². The monoisotopic (exact) mass is 372 g/mol. The molecule has 0 heterocycles. The lowest BCUT2D eigenvalue weighted by atomic mass is 9.90. The molecule has 0 fully saturated rings. The summed E-state index contributed by atoms with van der Waals surface area (Å²) in [5, 5.41) is 10.1. The number of ether oxygens (including phenoxy) is 2. The Kier molecular flexibility index (Phi) is 19.5. The molecule has 0 spiro atoms. The molecule has 1 unspecified atom stereocenters. The summed E-state index contributed by atoms with van der Waals surface area (Å²) in [5.74, 6) is 0. The van der Waals surface area contributed by atoms with Gasteiger partial charge in [0.2, 0.25) is 0 Å². The standard InChI is InChI=1S/C23H48O3/c1-4-6-8-10-12-13-15-17-19-23(22-24,26-21-20-25-3)18-16-14-11-9-7-5-2/h24H,4-22H2,1-3H3. The Labute approximate surface area is 164 Å². The fourth-order valence-electron chi connectivity index (χ4n) is 3.62. The van der Waals surface area contributed by atoms with E-state index in [4.69, 9.17) is 9.47 Å². The molecule has 0 radical (unpaired) electrons. The third-order valence-corrected chi connectivity index (χ3v) is 5.46. The van der Waals surface area contributed by atoms with E-state index in [0.717, 1.165) is 25.7 Å². The molecule has 0 aliphatic heterocycles. The lowest BCUT2D eigenvalue weighted by Crippen LogP contribution is -2.38. The molecule has 1 N–H and O–H groups in total. The van der Waals surface area contributed by atoms with Gasteiger partial charge in [0, 0.05) is 7.11 Å². The van der Waals surface area contributed by atoms with Crippen molar-refractivity contribution < 1.29 is 14.6 Å². The first-order valence-corrected chi connectivity index (χ1v) is 11.5. The largest absolute Gasteiger partial charge is 0.393 e. The summed E-state index contributed by atoms with van der Waals surface area (Å²) in [6.45, 7) is 5.86. The second kappa shape index (κ2) is 19.6. The highest BCUT2D eigenvalue weighted by atomic mass is 16.5. The van der Waals surface area contributed by atoms with Crippen molar-refractivity contribution in [2.75, 3.05) is 26.9 Å². The van der Waals surface area contributed by atoms with Crippen molar-refractivity contribution in [2.45, 2.75) is 122 Å². The summed E-state index contributed by atoms with van der Waals surface area (Å²) >= 11 is 0. The predicted octanol–water partition coefficient (Wildman–Crippen LogP) is 6.66. The molecule has 0 saturated heterocycles. The second-order valence-corrected chi connectivity index (χ2v) is 7.93. The Morgan fingerprint density at radius 3 is 1.42 bits per heavy atom. The summed E-state index contributed by atoms with van der Waals surface area (Å²) in [6, 6.07) is 0. The molecule has 0 amide bonds. The van der Waals surface area contributed by atoms with Crippen LogP contribution in [-0.2, 0) is 9.47 Å². The summed E-state index contributed by atoms with van der Waals surface area (Å²) in [6.07, 6.45) is 20.2. The van der Waals surface area contributed by atoms with E-state index in [-0.39, 0.29) is 12.2 Å². The van der Waals surface area contributed by atoms with Crippen LogP contribution in [-0.4, -0.2) is 37.6 Å². The molecule has 3 heteroatoms. The first kappa shape index (κ1) is 25.9. The van der Waals surface area contributed by atoms with Crippen molar-refractivity contribution in [1.29, 1.82) is 0 Å². The quantitative estimate of drug-likeness (QED) is 0.229. The highest BCUT2D eigenvalue weighted by Gasteiger charge is 2.29. The number of unbranched alkanes of at least 4 members (excludes halogenated alkanes) is 12. The molecular weight excluding hydrogens is 324 g/mol. The van der Waals surface area contributed by atoms with Crippen molar-refractivity contribution in [3.8, 4) is 0 Å². The molecule has 158 valence electrons. The zero-order chi connectivity index (χ0) is 19.3. The van der Waals surface area contributed by atoms with Gasteiger partial charge in [-0.05, 0) is 12.8 Å². The van der Waals surface area contributed by atoms with Gasteiger partial charge in [-0.2, -0.15) is 0 Å². The summed E-state index contributed by atoms with van der Waals surface area (Å²) in [7, 11) is 1.70. The zero-order valence-electron chi connectivity index (χ0n) is 18.2. The topological polar surface area (TPSA) is 38.7 Å². The van der Waals surface area contributed by atoms with Gasteiger partial charge in [0.25, 0.3) is 0 Å². The van der Waals surface area contributed by atoms with Crippen LogP contribution in [0.5, 0.6) is 0 Å². The highest BCUT2D eigenvalue weighted by molar-refractivity contribution is 4.80. The van der Waals surface area contributed by atoms with Gasteiger partial charge in [0.15, 0.2) is 0 Å². The molecule has 0 saturated carbocycles. The van der Waals surface area contributed by atoms with Gasteiger partial charge < -0.3 is 14.6 Å². The Bertz CT molecular complexity index is 270. The van der Waals surface area contributed by atoms with Gasteiger partial charge in [0.05, 0.1) is 25.4 Å². The second-order valence-electron chi connectivity index (χ2n) is 7.93. The molecule has 0 bridgehead atoms. The Hall–Kier alpha value is -0.120. The molecule has 1 atom stereocenters. The van der Waals surface area contributed by atoms with Crippen LogP contribution >= 0.6 is 0 Å². The van der Waals surface area contributed by atoms with E-state index in [1.165, 1.54) is 77.0 Å². The summed E-state index contributed by atoms with van der Waals surface area (Å²) in [4.78, 5) is 0. The van der Waals surface area contributed by atoms with Crippen LogP contribution in [0.25, 0.3) is 0 Å². The minimum atomic E-state index is -0.342.